The third kappa shape index (κ3) is 4.03. The number of hydrogen-bond acceptors (Lipinski definition) is 6. The molecule has 0 bridgehead atoms. The Hall–Kier alpha value is -3.11. The molecular formula is C23H21N3O4S2. The third-order valence-electron chi connectivity index (χ3n) is 5.03. The van der Waals surface area contributed by atoms with Crippen molar-refractivity contribution >= 4 is 48.3 Å². The maximum absolute atomic E-state index is 13.6. The molecule has 1 amide bonds. The summed E-state index contributed by atoms with van der Waals surface area (Å²) in [5.74, 6) is -0.303. The number of para-hydroxylation sites is 2. The number of sulfonamides is 1. The fourth-order valence-electron chi connectivity index (χ4n) is 3.21. The van der Waals surface area contributed by atoms with E-state index in [1.54, 1.807) is 4.90 Å². The van der Waals surface area contributed by atoms with E-state index in [0.29, 0.717) is 16.4 Å². The van der Waals surface area contributed by atoms with E-state index in [0.717, 1.165) is 20.2 Å². The first kappa shape index (κ1) is 22.1. The Morgan fingerprint density at radius 3 is 2.28 bits per heavy atom. The van der Waals surface area contributed by atoms with Gasteiger partial charge in [-0.05, 0) is 55.0 Å². The van der Waals surface area contributed by atoms with Crippen molar-refractivity contribution in [2.45, 2.75) is 11.8 Å². The smallest absolute Gasteiger partial charge is 0.264 e. The highest BCUT2D eigenvalue weighted by Gasteiger charge is 2.26. The molecule has 0 saturated carbocycles. The number of fused-ring (bicyclic) bond motifs is 1. The minimum atomic E-state index is -3.80. The molecule has 1 heterocycles. The SMILES string of the molecule is CON(C)S(=O)(=O)c1ccc(C(=O)N(c2nc3ccccc3s2)c2ccccc2C)cc1. The zero-order chi connectivity index (χ0) is 22.9. The lowest BCUT2D eigenvalue weighted by Gasteiger charge is -2.22. The van der Waals surface area contributed by atoms with Crippen LogP contribution in [0.4, 0.5) is 10.8 Å². The maximum Gasteiger partial charge on any atom is 0.264 e. The predicted octanol–water partition coefficient (Wildman–Crippen LogP) is 4.77. The van der Waals surface area contributed by atoms with Gasteiger partial charge in [0.05, 0.1) is 27.9 Å². The summed E-state index contributed by atoms with van der Waals surface area (Å²) < 4.78 is 26.7. The number of aromatic nitrogens is 1. The average molecular weight is 468 g/mol. The Morgan fingerprint density at radius 1 is 0.969 bits per heavy atom. The summed E-state index contributed by atoms with van der Waals surface area (Å²) in [6, 6.07) is 21.1. The number of thiazole rings is 1. The summed E-state index contributed by atoms with van der Waals surface area (Å²) in [5, 5.41) is 0.543. The number of carbonyl (C=O) groups is 1. The average Bonchev–Trinajstić information content (AvgIpc) is 3.23. The number of aryl methyl sites for hydroxylation is 1. The molecule has 1 aromatic heterocycles. The van der Waals surface area contributed by atoms with Crippen LogP contribution in [-0.2, 0) is 14.9 Å². The van der Waals surface area contributed by atoms with Crippen LogP contribution in [-0.4, -0.2) is 37.9 Å². The molecule has 0 spiro atoms. The summed E-state index contributed by atoms with van der Waals surface area (Å²) in [4.78, 5) is 24.7. The van der Waals surface area contributed by atoms with Gasteiger partial charge in [-0.25, -0.2) is 13.4 Å². The van der Waals surface area contributed by atoms with Crippen molar-refractivity contribution in [1.29, 1.82) is 0 Å². The number of anilines is 2. The zero-order valence-corrected chi connectivity index (χ0v) is 19.4. The van der Waals surface area contributed by atoms with Crippen molar-refractivity contribution < 1.29 is 18.0 Å². The fraction of sp³-hybridized carbons (Fsp3) is 0.130. The number of hydroxylamine groups is 1. The van der Waals surface area contributed by atoms with Gasteiger partial charge in [-0.3, -0.25) is 14.5 Å². The molecule has 0 atom stereocenters. The van der Waals surface area contributed by atoms with Gasteiger partial charge in [0.15, 0.2) is 5.13 Å². The molecule has 0 N–H and O–H groups in total. The molecule has 164 valence electrons. The van der Waals surface area contributed by atoms with Crippen LogP contribution in [0.15, 0.2) is 77.7 Å². The number of amides is 1. The number of hydrogen-bond donors (Lipinski definition) is 0. The molecular weight excluding hydrogens is 446 g/mol. The predicted molar refractivity (Wildman–Crippen MR) is 126 cm³/mol. The second kappa shape index (κ2) is 8.79. The first-order chi connectivity index (χ1) is 15.3. The number of carbonyl (C=O) groups excluding carboxylic acids is 1. The van der Waals surface area contributed by atoms with Gasteiger partial charge in [-0.1, -0.05) is 46.1 Å². The summed E-state index contributed by atoms with van der Waals surface area (Å²) in [5.41, 5.74) is 2.78. The summed E-state index contributed by atoms with van der Waals surface area (Å²) in [6.45, 7) is 1.93. The van der Waals surface area contributed by atoms with Crippen molar-refractivity contribution in [2.75, 3.05) is 19.1 Å². The van der Waals surface area contributed by atoms with Gasteiger partial charge in [-0.15, -0.1) is 0 Å². The van der Waals surface area contributed by atoms with Crippen LogP contribution in [0.2, 0.25) is 0 Å². The number of rotatable bonds is 6. The largest absolute Gasteiger partial charge is 0.288 e. The first-order valence-corrected chi connectivity index (χ1v) is 12.0. The Morgan fingerprint density at radius 2 is 1.62 bits per heavy atom. The molecule has 4 rings (SSSR count). The van der Waals surface area contributed by atoms with E-state index in [9.17, 15) is 13.2 Å². The molecule has 3 aromatic carbocycles. The molecule has 0 aliphatic heterocycles. The lowest BCUT2D eigenvalue weighted by Crippen LogP contribution is -2.27. The zero-order valence-electron chi connectivity index (χ0n) is 17.7. The lowest BCUT2D eigenvalue weighted by molar-refractivity contribution is -0.0258. The van der Waals surface area contributed by atoms with Crippen LogP contribution in [0.5, 0.6) is 0 Å². The molecule has 0 unspecified atom stereocenters. The molecule has 0 aliphatic rings. The van der Waals surface area contributed by atoms with Crippen molar-refractivity contribution in [3.8, 4) is 0 Å². The lowest BCUT2D eigenvalue weighted by atomic mass is 10.1. The summed E-state index contributed by atoms with van der Waals surface area (Å²) >= 11 is 1.42. The van der Waals surface area contributed by atoms with Crippen LogP contribution in [0, 0.1) is 6.92 Å². The molecule has 7 nitrogen and oxygen atoms in total. The van der Waals surface area contributed by atoms with E-state index in [1.807, 2.05) is 55.5 Å². The van der Waals surface area contributed by atoms with Gasteiger partial charge in [0, 0.05) is 12.6 Å². The molecule has 32 heavy (non-hydrogen) atoms. The van der Waals surface area contributed by atoms with Crippen LogP contribution >= 0.6 is 11.3 Å². The van der Waals surface area contributed by atoms with Crippen LogP contribution < -0.4 is 4.90 Å². The van der Waals surface area contributed by atoms with Gasteiger partial charge in [0.25, 0.3) is 15.9 Å². The molecule has 0 aliphatic carbocycles. The quantitative estimate of drug-likeness (QED) is 0.382. The minimum Gasteiger partial charge on any atom is -0.288 e. The Bertz CT molecular complexity index is 1350. The topological polar surface area (TPSA) is 79.8 Å². The monoisotopic (exact) mass is 467 g/mol. The Labute approximate surface area is 190 Å². The highest BCUT2D eigenvalue weighted by atomic mass is 32.2. The second-order valence-corrected chi connectivity index (χ2v) is 9.96. The van der Waals surface area contributed by atoms with Crippen LogP contribution in [0.25, 0.3) is 10.2 Å². The fourth-order valence-corrected chi connectivity index (χ4v) is 5.17. The Kier molecular flexibility index (Phi) is 6.07. The summed E-state index contributed by atoms with van der Waals surface area (Å²) in [6.07, 6.45) is 0. The molecule has 0 fully saturated rings. The van der Waals surface area contributed by atoms with Gasteiger partial charge in [-0.2, -0.15) is 0 Å². The molecule has 4 aromatic rings. The van der Waals surface area contributed by atoms with Gasteiger partial charge in [0.1, 0.15) is 0 Å². The number of benzene rings is 3. The van der Waals surface area contributed by atoms with E-state index < -0.39 is 10.0 Å². The number of nitrogens with zero attached hydrogens (tertiary/aromatic N) is 3. The Balaban J connectivity index is 1.78. The highest BCUT2D eigenvalue weighted by Crippen LogP contribution is 2.36. The van der Waals surface area contributed by atoms with E-state index in [2.05, 4.69) is 4.98 Å². The summed E-state index contributed by atoms with van der Waals surface area (Å²) in [7, 11) is -1.23. The van der Waals surface area contributed by atoms with Gasteiger partial charge >= 0.3 is 0 Å². The van der Waals surface area contributed by atoms with Gasteiger partial charge in [0.2, 0.25) is 0 Å². The standard InChI is InChI=1S/C23H21N3O4S2/c1-16-8-4-6-10-20(16)26(23-24-19-9-5-7-11-21(19)31-23)22(27)17-12-14-18(15-13-17)32(28,29)25(2)30-3/h4-15H,1-3H3. The maximum atomic E-state index is 13.6. The van der Waals surface area contributed by atoms with Crippen molar-refractivity contribution in [2.24, 2.45) is 0 Å². The normalized spacial score (nSPS) is 11.8. The van der Waals surface area contributed by atoms with Crippen molar-refractivity contribution in [3.63, 3.8) is 0 Å². The van der Waals surface area contributed by atoms with E-state index >= 15 is 0 Å². The van der Waals surface area contributed by atoms with E-state index in [4.69, 9.17) is 4.84 Å². The third-order valence-corrected chi connectivity index (χ3v) is 7.74. The highest BCUT2D eigenvalue weighted by molar-refractivity contribution is 7.89. The molecule has 0 radical (unpaired) electrons. The van der Waals surface area contributed by atoms with Crippen LogP contribution in [0.3, 0.4) is 0 Å². The first-order valence-electron chi connectivity index (χ1n) is 9.71. The molecule has 9 heteroatoms. The van der Waals surface area contributed by atoms with Crippen LogP contribution in [0.1, 0.15) is 15.9 Å². The van der Waals surface area contributed by atoms with Crippen molar-refractivity contribution in [1.82, 2.24) is 9.45 Å². The second-order valence-electron chi connectivity index (χ2n) is 7.01. The van der Waals surface area contributed by atoms with Crippen molar-refractivity contribution in [3.05, 3.63) is 83.9 Å². The van der Waals surface area contributed by atoms with E-state index in [1.165, 1.54) is 49.8 Å². The van der Waals surface area contributed by atoms with E-state index in [-0.39, 0.29) is 10.8 Å². The molecule has 0 saturated heterocycles. The van der Waals surface area contributed by atoms with Gasteiger partial charge < -0.3 is 0 Å². The minimum absolute atomic E-state index is 0.0285.